The molecule has 35 heavy (non-hydrogen) atoms. The maximum atomic E-state index is 12.8. The second kappa shape index (κ2) is 9.64. The molecule has 0 radical (unpaired) electrons. The first kappa shape index (κ1) is 24.4. The molecule has 1 unspecified atom stereocenters. The summed E-state index contributed by atoms with van der Waals surface area (Å²) in [5.41, 5.74) is 0.906. The fraction of sp³-hybridized carbons (Fsp3) is 0.304. The van der Waals surface area contributed by atoms with E-state index in [1.54, 1.807) is 11.1 Å². The van der Waals surface area contributed by atoms with Crippen LogP contribution in [0, 0.1) is 0 Å². The molecule has 8 nitrogen and oxygen atoms in total. The van der Waals surface area contributed by atoms with E-state index in [0.29, 0.717) is 5.75 Å². The van der Waals surface area contributed by atoms with Crippen molar-refractivity contribution in [2.24, 2.45) is 7.05 Å². The molecule has 2 fully saturated rings. The first-order valence-electron chi connectivity index (χ1n) is 10.7. The molecule has 4 heterocycles. The number of imidazole rings is 1. The van der Waals surface area contributed by atoms with Gasteiger partial charge in [0.05, 0.1) is 6.42 Å². The Balaban J connectivity index is 1.28. The molecule has 2 aliphatic heterocycles. The molecule has 0 spiro atoms. The number of carbonyl (C=O) groups is 3. The topological polar surface area (TPSA) is 105 Å². The summed E-state index contributed by atoms with van der Waals surface area (Å²) in [6.45, 7) is 0.0829. The zero-order chi connectivity index (χ0) is 24.7. The maximum Gasteiger partial charge on any atom is 0.322 e. The zero-order valence-electron chi connectivity index (χ0n) is 18.5. The number of hydrogen-bond acceptors (Lipinski definition) is 7. The standard InChI is InChI=1S/C23H21BrN4O4S3/c1-27-7-6-25-19(27)15-5-4-14(9-16(15)24)35-23(22(31)32)11-28-20(30)18(21(28)34-12-23)26-17(29)10-13-3-2-8-33-13/h2-9,18,21H,10-12H2,1H3,(H,26,29)(H,31,32)/t18-,21-,23?/m1/s1. The number of halogens is 1. The predicted octanol–water partition coefficient (Wildman–Crippen LogP) is 3.47. The van der Waals surface area contributed by atoms with Crippen LogP contribution in [-0.2, 0) is 27.9 Å². The van der Waals surface area contributed by atoms with Crippen molar-refractivity contribution in [1.29, 1.82) is 0 Å². The van der Waals surface area contributed by atoms with Gasteiger partial charge in [0.15, 0.2) is 0 Å². The number of aliphatic carboxylic acids is 1. The van der Waals surface area contributed by atoms with Crippen LogP contribution in [0.4, 0.5) is 0 Å². The average Bonchev–Trinajstić information content (AvgIpc) is 3.49. The Morgan fingerprint density at radius 1 is 1.37 bits per heavy atom. The number of aryl methyl sites for hydroxylation is 1. The van der Waals surface area contributed by atoms with Gasteiger partial charge in [-0.05, 0) is 45.6 Å². The van der Waals surface area contributed by atoms with E-state index in [4.69, 9.17) is 0 Å². The van der Waals surface area contributed by atoms with Crippen LogP contribution < -0.4 is 5.32 Å². The number of thiophene rings is 1. The van der Waals surface area contributed by atoms with Gasteiger partial charge < -0.3 is 19.9 Å². The van der Waals surface area contributed by atoms with Crippen LogP contribution in [0.5, 0.6) is 0 Å². The van der Waals surface area contributed by atoms with Gasteiger partial charge in [0.1, 0.15) is 22.0 Å². The van der Waals surface area contributed by atoms with Gasteiger partial charge in [-0.2, -0.15) is 0 Å². The van der Waals surface area contributed by atoms with Crippen LogP contribution in [0.3, 0.4) is 0 Å². The third-order valence-corrected chi connectivity index (χ3v) is 10.6. The lowest BCUT2D eigenvalue weighted by molar-refractivity contribution is -0.152. The van der Waals surface area contributed by atoms with Crippen molar-refractivity contribution in [3.63, 3.8) is 0 Å². The molecular weight excluding hydrogens is 572 g/mol. The number of hydrogen-bond donors (Lipinski definition) is 2. The Labute approximate surface area is 222 Å². The molecule has 2 amide bonds. The van der Waals surface area contributed by atoms with Crippen molar-refractivity contribution < 1.29 is 19.5 Å². The summed E-state index contributed by atoms with van der Waals surface area (Å²) in [5.74, 6) is -0.281. The average molecular weight is 594 g/mol. The van der Waals surface area contributed by atoms with Crippen LogP contribution >= 0.6 is 50.8 Å². The first-order chi connectivity index (χ1) is 16.8. The summed E-state index contributed by atoms with van der Waals surface area (Å²) in [5, 5.41) is 14.6. The first-order valence-corrected chi connectivity index (χ1v) is 14.2. The highest BCUT2D eigenvalue weighted by molar-refractivity contribution is 9.10. The number of carboxylic acids is 1. The van der Waals surface area contributed by atoms with Gasteiger partial charge in [0.2, 0.25) is 11.8 Å². The number of carboxylic acid groups (broad SMARTS) is 1. The monoisotopic (exact) mass is 592 g/mol. The SMILES string of the molecule is Cn1ccnc1-c1ccc(SC2(C(=O)O)CS[C@@H]3[C@H](NC(=O)Cc4cccs4)C(=O)N3C2)cc1Br. The lowest BCUT2D eigenvalue weighted by atomic mass is 10.0. The minimum Gasteiger partial charge on any atom is -0.480 e. The Bertz CT molecular complexity index is 1300. The van der Waals surface area contributed by atoms with Crippen molar-refractivity contribution in [3.05, 3.63) is 57.5 Å². The molecule has 5 rings (SSSR count). The fourth-order valence-corrected chi connectivity index (χ4v) is 8.47. The number of β-lactam (4-membered cyclic amide) rings is 1. The highest BCUT2D eigenvalue weighted by atomic mass is 79.9. The van der Waals surface area contributed by atoms with Crippen LogP contribution in [0.2, 0.25) is 0 Å². The molecule has 12 heteroatoms. The van der Waals surface area contributed by atoms with E-state index in [-0.39, 0.29) is 30.2 Å². The molecule has 2 aliphatic rings. The van der Waals surface area contributed by atoms with Crippen molar-refractivity contribution in [2.45, 2.75) is 27.5 Å². The number of benzene rings is 1. The molecular formula is C23H21BrN4O4S3. The lowest BCUT2D eigenvalue weighted by Crippen LogP contribution is -2.74. The largest absolute Gasteiger partial charge is 0.480 e. The van der Waals surface area contributed by atoms with Gasteiger partial charge in [0, 0.05) is 51.5 Å². The van der Waals surface area contributed by atoms with Crippen LogP contribution in [0.25, 0.3) is 11.4 Å². The van der Waals surface area contributed by atoms with E-state index < -0.39 is 16.8 Å². The summed E-state index contributed by atoms with van der Waals surface area (Å²) in [6.07, 6.45) is 3.82. The van der Waals surface area contributed by atoms with Crippen molar-refractivity contribution in [1.82, 2.24) is 19.8 Å². The number of nitrogens with one attached hydrogen (secondary N) is 1. The van der Waals surface area contributed by atoms with E-state index in [1.165, 1.54) is 34.9 Å². The van der Waals surface area contributed by atoms with Crippen LogP contribution in [-0.4, -0.2) is 65.8 Å². The minimum atomic E-state index is -1.19. The summed E-state index contributed by atoms with van der Waals surface area (Å²) < 4.78 is 1.54. The molecule has 2 N–H and O–H groups in total. The molecule has 3 aromatic rings. The molecule has 1 aromatic carbocycles. The van der Waals surface area contributed by atoms with E-state index in [0.717, 1.165) is 25.6 Å². The number of nitrogens with zero attached hydrogens (tertiary/aromatic N) is 3. The maximum absolute atomic E-state index is 12.8. The number of fused-ring (bicyclic) bond motifs is 1. The quantitative estimate of drug-likeness (QED) is 0.405. The minimum absolute atomic E-state index is 0.0829. The van der Waals surface area contributed by atoms with Gasteiger partial charge in [-0.15, -0.1) is 34.9 Å². The normalized spacial score (nSPS) is 23.5. The fourth-order valence-electron chi connectivity index (χ4n) is 4.17. The van der Waals surface area contributed by atoms with Gasteiger partial charge in [0.25, 0.3) is 0 Å². The van der Waals surface area contributed by atoms with Crippen molar-refractivity contribution >= 4 is 68.6 Å². The van der Waals surface area contributed by atoms with E-state index in [1.807, 2.05) is 53.5 Å². The molecule has 0 saturated carbocycles. The van der Waals surface area contributed by atoms with Crippen molar-refractivity contribution in [2.75, 3.05) is 12.3 Å². The van der Waals surface area contributed by atoms with Crippen LogP contribution in [0.1, 0.15) is 4.88 Å². The second-order valence-electron chi connectivity index (χ2n) is 8.37. The van der Waals surface area contributed by atoms with E-state index >= 15 is 0 Å². The summed E-state index contributed by atoms with van der Waals surface area (Å²) in [6, 6.07) is 8.84. The highest BCUT2D eigenvalue weighted by Crippen LogP contribution is 2.47. The smallest absolute Gasteiger partial charge is 0.322 e. The number of carbonyl (C=O) groups excluding carboxylic acids is 2. The van der Waals surface area contributed by atoms with Gasteiger partial charge in [-0.3, -0.25) is 14.4 Å². The third-order valence-electron chi connectivity index (χ3n) is 5.99. The Morgan fingerprint density at radius 2 is 2.20 bits per heavy atom. The van der Waals surface area contributed by atoms with Gasteiger partial charge in [-0.1, -0.05) is 6.07 Å². The number of rotatable bonds is 7. The molecule has 3 atom stereocenters. The Hall–Kier alpha value is -2.28. The molecule has 2 saturated heterocycles. The Kier molecular flexibility index (Phi) is 6.73. The number of aromatic nitrogens is 2. The van der Waals surface area contributed by atoms with Gasteiger partial charge in [-0.25, -0.2) is 4.98 Å². The third kappa shape index (κ3) is 4.64. The van der Waals surface area contributed by atoms with Crippen LogP contribution in [0.15, 0.2) is 57.5 Å². The number of amides is 2. The van der Waals surface area contributed by atoms with E-state index in [2.05, 4.69) is 26.2 Å². The summed E-state index contributed by atoms with van der Waals surface area (Å²) in [7, 11) is 1.91. The highest BCUT2D eigenvalue weighted by Gasteiger charge is 2.58. The molecule has 2 aromatic heterocycles. The lowest BCUT2D eigenvalue weighted by Gasteiger charge is -2.53. The summed E-state index contributed by atoms with van der Waals surface area (Å²) >= 11 is 7.74. The molecule has 182 valence electrons. The van der Waals surface area contributed by atoms with E-state index in [9.17, 15) is 19.5 Å². The zero-order valence-corrected chi connectivity index (χ0v) is 22.5. The molecule has 0 aliphatic carbocycles. The Morgan fingerprint density at radius 3 is 2.86 bits per heavy atom. The predicted molar refractivity (Wildman–Crippen MR) is 140 cm³/mol. The molecule has 0 bridgehead atoms. The number of thioether (sulfide) groups is 2. The van der Waals surface area contributed by atoms with Crippen molar-refractivity contribution in [3.8, 4) is 11.4 Å². The summed E-state index contributed by atoms with van der Waals surface area (Å²) in [4.78, 5) is 45.3. The second-order valence-corrected chi connectivity index (χ2v) is 12.8. The van der Waals surface area contributed by atoms with Gasteiger partial charge >= 0.3 is 5.97 Å².